The lowest BCUT2D eigenvalue weighted by Crippen LogP contribution is -2.28. The maximum atomic E-state index is 13.2. The summed E-state index contributed by atoms with van der Waals surface area (Å²) in [5, 5.41) is 11.1. The van der Waals surface area contributed by atoms with Gasteiger partial charge in [0.2, 0.25) is 0 Å². The smallest absolute Gasteiger partial charge is 0.357 e. The highest BCUT2D eigenvalue weighted by Gasteiger charge is 2.44. The lowest BCUT2D eigenvalue weighted by Gasteiger charge is -2.20. The Bertz CT molecular complexity index is 1540. The number of H-pyrrole nitrogens is 1. The number of rotatable bonds is 5. The summed E-state index contributed by atoms with van der Waals surface area (Å²) in [5.74, 6) is 0.715. The molecule has 1 aliphatic heterocycles. The average molecular weight is 504 g/mol. The molecule has 1 atom stereocenters. The second-order valence-corrected chi connectivity index (χ2v) is 9.26. The van der Waals surface area contributed by atoms with E-state index in [9.17, 15) is 13.2 Å². The first-order valence-corrected chi connectivity index (χ1v) is 12.0. The van der Waals surface area contributed by atoms with Crippen molar-refractivity contribution in [2.75, 3.05) is 23.3 Å². The van der Waals surface area contributed by atoms with Gasteiger partial charge in [0.1, 0.15) is 11.6 Å². The Balaban J connectivity index is 1.23. The number of anilines is 3. The molecule has 0 amide bonds. The molecule has 2 aromatic carbocycles. The summed E-state index contributed by atoms with van der Waals surface area (Å²) in [4.78, 5) is 11.0. The van der Waals surface area contributed by atoms with Gasteiger partial charge in [-0.15, -0.1) is 0 Å². The highest BCUT2D eigenvalue weighted by Crippen LogP contribution is 2.37. The van der Waals surface area contributed by atoms with Crippen LogP contribution in [0, 0.1) is 5.92 Å². The van der Waals surface area contributed by atoms with E-state index in [1.54, 1.807) is 18.5 Å². The summed E-state index contributed by atoms with van der Waals surface area (Å²) in [5.41, 5.74) is 4.71. The third kappa shape index (κ3) is 4.50. The fourth-order valence-electron chi connectivity index (χ4n) is 4.86. The molecule has 37 heavy (non-hydrogen) atoms. The van der Waals surface area contributed by atoms with Gasteiger partial charge in [0.25, 0.3) is 0 Å². The predicted octanol–water partition coefficient (Wildman–Crippen LogP) is 6.16. The first-order chi connectivity index (χ1) is 17.8. The number of hydrogen-bond donors (Lipinski definition) is 2. The molecule has 5 aromatic rings. The van der Waals surface area contributed by atoms with Crippen LogP contribution in [0.15, 0.2) is 73.2 Å². The first-order valence-electron chi connectivity index (χ1n) is 12.0. The molecule has 1 aliphatic rings. The maximum Gasteiger partial charge on any atom is 0.393 e. The van der Waals surface area contributed by atoms with Gasteiger partial charge in [-0.1, -0.05) is 24.3 Å². The molecule has 10 heteroatoms. The molecule has 3 aromatic heterocycles. The van der Waals surface area contributed by atoms with Gasteiger partial charge in [0, 0.05) is 54.7 Å². The minimum absolute atomic E-state index is 0.0135. The van der Waals surface area contributed by atoms with E-state index in [1.165, 1.54) is 0 Å². The van der Waals surface area contributed by atoms with Crippen LogP contribution < -0.4 is 10.2 Å². The van der Waals surface area contributed by atoms with Crippen molar-refractivity contribution in [1.29, 1.82) is 0 Å². The quantitative estimate of drug-likeness (QED) is 0.301. The number of alkyl halides is 3. The molecule has 4 heterocycles. The number of fused-ring (bicyclic) bond motifs is 1. The highest BCUT2D eigenvalue weighted by atomic mass is 19.4. The molecule has 6 rings (SSSR count). The van der Waals surface area contributed by atoms with Gasteiger partial charge in [-0.25, -0.2) is 9.97 Å². The number of aromatic amines is 1. The number of nitrogens with one attached hydrogen (secondary N) is 2. The average Bonchev–Trinajstić information content (AvgIpc) is 3.65. The van der Waals surface area contributed by atoms with E-state index in [1.807, 2.05) is 71.2 Å². The van der Waals surface area contributed by atoms with E-state index in [4.69, 9.17) is 0 Å². The van der Waals surface area contributed by atoms with Crippen LogP contribution in [0.2, 0.25) is 0 Å². The molecule has 188 valence electrons. The predicted molar refractivity (Wildman–Crippen MR) is 138 cm³/mol. The van der Waals surface area contributed by atoms with Crippen molar-refractivity contribution >= 4 is 28.2 Å². The number of nitrogens with zero attached hydrogens (tertiary/aromatic N) is 5. The zero-order chi connectivity index (χ0) is 25.6. The third-order valence-electron chi connectivity index (χ3n) is 6.90. The van der Waals surface area contributed by atoms with E-state index in [2.05, 4.69) is 25.5 Å². The molecular formula is C27H24F3N7. The molecule has 7 nitrogen and oxygen atoms in total. The normalized spacial score (nSPS) is 16.0. The van der Waals surface area contributed by atoms with Crippen molar-refractivity contribution in [1.82, 2.24) is 24.7 Å². The third-order valence-corrected chi connectivity index (χ3v) is 6.90. The molecule has 2 N–H and O–H groups in total. The Kier molecular flexibility index (Phi) is 5.58. The summed E-state index contributed by atoms with van der Waals surface area (Å²) in [6.45, 7) is 0.376. The minimum Gasteiger partial charge on any atom is -0.357 e. The van der Waals surface area contributed by atoms with E-state index in [0.717, 1.165) is 39.1 Å². The molecule has 0 bridgehead atoms. The van der Waals surface area contributed by atoms with Crippen LogP contribution in [0.5, 0.6) is 0 Å². The van der Waals surface area contributed by atoms with Crippen LogP contribution in [0.25, 0.3) is 33.4 Å². The van der Waals surface area contributed by atoms with Crippen LogP contribution in [-0.4, -0.2) is 44.0 Å². The summed E-state index contributed by atoms with van der Waals surface area (Å²) in [6.07, 6.45) is 1.28. The van der Waals surface area contributed by atoms with Crippen molar-refractivity contribution in [3.05, 3.63) is 73.2 Å². The lowest BCUT2D eigenvalue weighted by molar-refractivity contribution is -0.168. The SMILES string of the molecule is Cn1c(N2CCC(C(F)(F)F)C2)cc2ccc(-c3nccc(Nc4ccc(-c5cn[nH]c5)cc4)n3)cc21. The van der Waals surface area contributed by atoms with E-state index in [0.29, 0.717) is 18.2 Å². The second-order valence-electron chi connectivity index (χ2n) is 9.26. The number of aromatic nitrogens is 5. The molecule has 0 saturated carbocycles. The minimum atomic E-state index is -4.16. The maximum absolute atomic E-state index is 13.2. The Hall–Kier alpha value is -4.34. The standard InChI is InChI=1S/C27H24F3N7/c1-36-23-12-19(3-2-18(23)13-25(36)37-11-9-21(16-37)27(28,29)30)26-31-10-8-24(35-26)34-22-6-4-17(5-7-22)20-14-32-33-15-20/h2-8,10,12-15,21H,9,11,16H2,1H3,(H,32,33)(H,31,34,35). The molecule has 1 saturated heterocycles. The topological polar surface area (TPSA) is 74.7 Å². The van der Waals surface area contributed by atoms with Crippen LogP contribution in [0.3, 0.4) is 0 Å². The monoisotopic (exact) mass is 503 g/mol. The first kappa shape index (κ1) is 23.1. The van der Waals surface area contributed by atoms with Gasteiger partial charge in [0.15, 0.2) is 5.82 Å². The van der Waals surface area contributed by atoms with Crippen molar-refractivity contribution in [2.45, 2.75) is 12.6 Å². The van der Waals surface area contributed by atoms with Gasteiger partial charge in [-0.2, -0.15) is 18.3 Å². The molecule has 0 aliphatic carbocycles. The fraction of sp³-hybridized carbons (Fsp3) is 0.222. The van der Waals surface area contributed by atoms with Crippen LogP contribution in [0.4, 0.5) is 30.5 Å². The number of aryl methyl sites for hydroxylation is 1. The number of benzene rings is 2. The van der Waals surface area contributed by atoms with E-state index < -0.39 is 12.1 Å². The van der Waals surface area contributed by atoms with Crippen LogP contribution >= 0.6 is 0 Å². The fourth-order valence-corrected chi connectivity index (χ4v) is 4.86. The molecule has 1 fully saturated rings. The van der Waals surface area contributed by atoms with Crippen molar-refractivity contribution in [3.8, 4) is 22.5 Å². The lowest BCUT2D eigenvalue weighted by atomic mass is 10.1. The Labute approximate surface area is 211 Å². The summed E-state index contributed by atoms with van der Waals surface area (Å²) >= 11 is 0. The molecule has 1 unspecified atom stereocenters. The number of hydrogen-bond acceptors (Lipinski definition) is 5. The Morgan fingerprint density at radius 1 is 1.00 bits per heavy atom. The zero-order valence-corrected chi connectivity index (χ0v) is 20.0. The van der Waals surface area contributed by atoms with Gasteiger partial charge >= 0.3 is 6.18 Å². The van der Waals surface area contributed by atoms with Gasteiger partial charge in [-0.3, -0.25) is 5.10 Å². The van der Waals surface area contributed by atoms with Crippen LogP contribution in [0.1, 0.15) is 6.42 Å². The van der Waals surface area contributed by atoms with Gasteiger partial charge in [-0.05, 0) is 42.3 Å². The Morgan fingerprint density at radius 2 is 1.81 bits per heavy atom. The molecular weight excluding hydrogens is 479 g/mol. The van der Waals surface area contributed by atoms with Crippen molar-refractivity contribution in [3.63, 3.8) is 0 Å². The Morgan fingerprint density at radius 3 is 2.54 bits per heavy atom. The zero-order valence-electron chi connectivity index (χ0n) is 20.0. The van der Waals surface area contributed by atoms with Gasteiger partial charge in [0.05, 0.1) is 17.6 Å². The van der Waals surface area contributed by atoms with Crippen molar-refractivity contribution in [2.24, 2.45) is 13.0 Å². The molecule has 0 radical (unpaired) electrons. The molecule has 0 spiro atoms. The highest BCUT2D eigenvalue weighted by molar-refractivity contribution is 5.88. The van der Waals surface area contributed by atoms with Gasteiger partial charge < -0.3 is 14.8 Å². The van der Waals surface area contributed by atoms with Crippen LogP contribution in [-0.2, 0) is 7.05 Å². The second kappa shape index (κ2) is 8.95. The largest absolute Gasteiger partial charge is 0.393 e. The summed E-state index contributed by atoms with van der Waals surface area (Å²) < 4.78 is 41.5. The summed E-state index contributed by atoms with van der Waals surface area (Å²) in [7, 11) is 1.88. The van der Waals surface area contributed by atoms with E-state index >= 15 is 0 Å². The number of halogens is 3. The summed E-state index contributed by atoms with van der Waals surface area (Å²) in [6, 6.07) is 17.6. The van der Waals surface area contributed by atoms with E-state index in [-0.39, 0.29) is 13.0 Å². The van der Waals surface area contributed by atoms with Crippen molar-refractivity contribution < 1.29 is 13.2 Å².